The van der Waals surface area contributed by atoms with Gasteiger partial charge in [0, 0.05) is 23.7 Å². The van der Waals surface area contributed by atoms with Crippen LogP contribution in [-0.2, 0) is 9.53 Å². The van der Waals surface area contributed by atoms with Gasteiger partial charge in [0.15, 0.2) is 0 Å². The maximum atomic E-state index is 12.0. The van der Waals surface area contributed by atoms with Crippen molar-refractivity contribution in [1.29, 1.82) is 0 Å². The maximum Gasteiger partial charge on any atom is 0.247 e. The molecule has 122 valence electrons. The number of halogens is 1. The third-order valence-corrected chi connectivity index (χ3v) is 3.08. The molecule has 0 heterocycles. The van der Waals surface area contributed by atoms with E-state index >= 15 is 0 Å². The highest BCUT2D eigenvalue weighted by Gasteiger charge is 2.09. The third kappa shape index (κ3) is 7.59. The first-order chi connectivity index (χ1) is 10.4. The van der Waals surface area contributed by atoms with Gasteiger partial charge in [-0.3, -0.25) is 4.79 Å². The number of nitrogens with one attached hydrogen (secondary N) is 1. The first-order valence-corrected chi connectivity index (χ1v) is 7.74. The highest BCUT2D eigenvalue weighted by Crippen LogP contribution is 2.13. The van der Waals surface area contributed by atoms with Gasteiger partial charge in [0.1, 0.15) is 0 Å². The molecule has 1 unspecified atom stereocenters. The van der Waals surface area contributed by atoms with Crippen LogP contribution >= 0.6 is 11.6 Å². The Labute approximate surface area is 137 Å². The van der Waals surface area contributed by atoms with Crippen LogP contribution in [0.2, 0.25) is 5.02 Å². The third-order valence-electron chi connectivity index (χ3n) is 2.85. The van der Waals surface area contributed by atoms with Crippen molar-refractivity contribution < 1.29 is 14.6 Å². The van der Waals surface area contributed by atoms with E-state index in [9.17, 15) is 9.90 Å². The first-order valence-electron chi connectivity index (χ1n) is 7.36. The Hall–Kier alpha value is -1.36. The number of ether oxygens (including phenoxy) is 1. The lowest BCUT2D eigenvalue weighted by atomic mass is 10.1. The van der Waals surface area contributed by atoms with E-state index in [0.29, 0.717) is 23.1 Å². The van der Waals surface area contributed by atoms with Gasteiger partial charge in [-0.2, -0.15) is 0 Å². The second-order valence-electron chi connectivity index (χ2n) is 5.68. The molecule has 2 N–H and O–H groups in total. The Morgan fingerprint density at radius 2 is 2.14 bits per heavy atom. The van der Waals surface area contributed by atoms with Crippen LogP contribution in [0.4, 0.5) is 0 Å². The van der Waals surface area contributed by atoms with Gasteiger partial charge in [-0.15, -0.1) is 0 Å². The zero-order chi connectivity index (χ0) is 16.5. The molecular formula is C17H24ClNO3. The lowest BCUT2D eigenvalue weighted by Gasteiger charge is -2.13. The largest absolute Gasteiger partial charge is 0.389 e. The summed E-state index contributed by atoms with van der Waals surface area (Å²) in [4.78, 5) is 12.0. The zero-order valence-corrected chi connectivity index (χ0v) is 14.1. The fourth-order valence-corrected chi connectivity index (χ4v) is 1.96. The molecule has 0 saturated carbocycles. The maximum absolute atomic E-state index is 12.0. The van der Waals surface area contributed by atoms with Crippen molar-refractivity contribution in [3.63, 3.8) is 0 Å². The van der Waals surface area contributed by atoms with Crippen LogP contribution in [0.15, 0.2) is 29.8 Å². The van der Waals surface area contributed by atoms with Crippen LogP contribution in [0.25, 0.3) is 6.08 Å². The molecule has 1 atom stereocenters. The van der Waals surface area contributed by atoms with Crippen molar-refractivity contribution in [2.24, 2.45) is 5.92 Å². The van der Waals surface area contributed by atoms with Gasteiger partial charge in [-0.05, 0) is 36.6 Å². The Bertz CT molecular complexity index is 514. The summed E-state index contributed by atoms with van der Waals surface area (Å²) in [5.74, 6) is 0.201. The Morgan fingerprint density at radius 3 is 2.77 bits per heavy atom. The molecule has 4 nitrogen and oxygen atoms in total. The number of amides is 1. The summed E-state index contributed by atoms with van der Waals surface area (Å²) in [5, 5.41) is 13.1. The summed E-state index contributed by atoms with van der Waals surface area (Å²) >= 11 is 5.90. The van der Waals surface area contributed by atoms with Crippen LogP contribution in [0.5, 0.6) is 0 Å². The van der Waals surface area contributed by atoms with E-state index in [1.165, 1.54) is 0 Å². The number of hydrogen-bond donors (Lipinski definition) is 2. The minimum absolute atomic E-state index is 0.164. The van der Waals surface area contributed by atoms with E-state index in [4.69, 9.17) is 16.3 Å². The summed E-state index contributed by atoms with van der Waals surface area (Å²) in [6, 6.07) is 7.27. The van der Waals surface area contributed by atoms with E-state index in [-0.39, 0.29) is 19.1 Å². The van der Waals surface area contributed by atoms with Gasteiger partial charge < -0.3 is 15.2 Å². The zero-order valence-electron chi connectivity index (χ0n) is 13.3. The van der Waals surface area contributed by atoms with Crippen LogP contribution in [-0.4, -0.2) is 36.9 Å². The fourth-order valence-electron chi connectivity index (χ4n) is 1.76. The Morgan fingerprint density at radius 1 is 1.41 bits per heavy atom. The minimum atomic E-state index is -0.707. The van der Waals surface area contributed by atoms with Crippen LogP contribution in [0.1, 0.15) is 26.3 Å². The molecular weight excluding hydrogens is 302 g/mol. The highest BCUT2D eigenvalue weighted by molar-refractivity contribution is 6.30. The number of aliphatic hydroxyl groups excluding tert-OH is 1. The normalized spacial score (nSPS) is 13.3. The molecule has 0 bridgehead atoms. The molecule has 0 aliphatic heterocycles. The number of rotatable bonds is 8. The summed E-state index contributed by atoms with van der Waals surface area (Å²) in [5.41, 5.74) is 1.42. The second kappa shape index (κ2) is 9.62. The molecule has 0 saturated heterocycles. The van der Waals surface area contributed by atoms with Gasteiger partial charge in [0.25, 0.3) is 0 Å². The predicted octanol–water partition coefficient (Wildman–Crippen LogP) is 2.89. The first kappa shape index (κ1) is 18.7. The number of hydrogen-bond acceptors (Lipinski definition) is 3. The van der Waals surface area contributed by atoms with Gasteiger partial charge in [0.05, 0.1) is 12.7 Å². The van der Waals surface area contributed by atoms with Crippen molar-refractivity contribution in [3.05, 3.63) is 40.4 Å². The average Bonchev–Trinajstić information content (AvgIpc) is 2.44. The molecule has 0 spiro atoms. The van der Waals surface area contributed by atoms with E-state index in [0.717, 1.165) is 5.56 Å². The highest BCUT2D eigenvalue weighted by atomic mass is 35.5. The number of benzene rings is 1. The second-order valence-corrected chi connectivity index (χ2v) is 6.11. The van der Waals surface area contributed by atoms with Crippen molar-refractivity contribution in [2.75, 3.05) is 19.8 Å². The van der Waals surface area contributed by atoms with Crippen molar-refractivity contribution >= 4 is 23.6 Å². The Kier molecular flexibility index (Phi) is 8.17. The van der Waals surface area contributed by atoms with Crippen LogP contribution < -0.4 is 5.32 Å². The van der Waals surface area contributed by atoms with Gasteiger partial charge in [-0.1, -0.05) is 37.6 Å². The molecule has 0 aliphatic rings. The smallest absolute Gasteiger partial charge is 0.247 e. The van der Waals surface area contributed by atoms with Gasteiger partial charge in [-0.25, -0.2) is 0 Å². The van der Waals surface area contributed by atoms with E-state index in [1.54, 1.807) is 25.1 Å². The van der Waals surface area contributed by atoms with Crippen molar-refractivity contribution in [3.8, 4) is 0 Å². The molecule has 1 rings (SSSR count). The SMILES string of the molecule is C/C(=C\c1cccc(Cl)c1)C(=O)NCC(O)COCC(C)C. The molecule has 5 heteroatoms. The topological polar surface area (TPSA) is 58.6 Å². The van der Waals surface area contributed by atoms with E-state index in [1.807, 2.05) is 26.0 Å². The summed E-state index contributed by atoms with van der Waals surface area (Å²) in [6.07, 6.45) is 1.05. The Balaban J connectivity index is 2.41. The lowest BCUT2D eigenvalue weighted by Crippen LogP contribution is -2.35. The van der Waals surface area contributed by atoms with Crippen molar-refractivity contribution in [2.45, 2.75) is 26.9 Å². The van der Waals surface area contributed by atoms with Crippen molar-refractivity contribution in [1.82, 2.24) is 5.32 Å². The predicted molar refractivity (Wildman–Crippen MR) is 89.8 cm³/mol. The van der Waals surface area contributed by atoms with Gasteiger partial charge >= 0.3 is 0 Å². The minimum Gasteiger partial charge on any atom is -0.389 e. The average molecular weight is 326 g/mol. The molecule has 1 aromatic carbocycles. The molecule has 1 aromatic rings. The fraction of sp³-hybridized carbons (Fsp3) is 0.471. The van der Waals surface area contributed by atoms with Gasteiger partial charge in [0.2, 0.25) is 5.91 Å². The monoisotopic (exact) mass is 325 g/mol. The molecule has 1 amide bonds. The number of carbonyl (C=O) groups excluding carboxylic acids is 1. The quantitative estimate of drug-likeness (QED) is 0.723. The number of aliphatic hydroxyl groups is 1. The lowest BCUT2D eigenvalue weighted by molar-refractivity contribution is -0.118. The summed E-state index contributed by atoms with van der Waals surface area (Å²) in [6.45, 7) is 6.78. The molecule has 0 aliphatic carbocycles. The van der Waals surface area contributed by atoms with Crippen LogP contribution in [0, 0.1) is 5.92 Å². The standard InChI is InChI=1S/C17H24ClNO3/c1-12(2)10-22-11-16(20)9-19-17(21)13(3)7-14-5-4-6-15(18)8-14/h4-8,12,16,20H,9-11H2,1-3H3,(H,19,21)/b13-7+. The summed E-state index contributed by atoms with van der Waals surface area (Å²) < 4.78 is 5.33. The number of carbonyl (C=O) groups is 1. The molecule has 0 fully saturated rings. The summed E-state index contributed by atoms with van der Waals surface area (Å²) in [7, 11) is 0. The molecule has 22 heavy (non-hydrogen) atoms. The molecule has 0 aromatic heterocycles. The van der Waals surface area contributed by atoms with Crippen LogP contribution in [0.3, 0.4) is 0 Å². The van der Waals surface area contributed by atoms with E-state index < -0.39 is 6.10 Å². The molecule has 0 radical (unpaired) electrons. The van der Waals surface area contributed by atoms with E-state index in [2.05, 4.69) is 5.32 Å².